The Balaban J connectivity index is 1.56. The number of nitrogens with two attached hydrogens (primary N) is 1. The number of carbonyl (C=O) groups is 1. The second kappa shape index (κ2) is 6.95. The first-order valence-corrected chi connectivity index (χ1v) is 9.70. The van der Waals surface area contributed by atoms with Crippen molar-refractivity contribution in [1.29, 1.82) is 0 Å². The van der Waals surface area contributed by atoms with Gasteiger partial charge in [0.1, 0.15) is 23.8 Å². The average Bonchev–Trinajstić information content (AvgIpc) is 3.49. The summed E-state index contributed by atoms with van der Waals surface area (Å²) in [6, 6.07) is 0. The van der Waals surface area contributed by atoms with E-state index in [0.717, 1.165) is 0 Å². The number of amides is 1. The molecule has 3 aromatic rings. The van der Waals surface area contributed by atoms with Crippen molar-refractivity contribution in [3.05, 3.63) is 24.3 Å². The van der Waals surface area contributed by atoms with E-state index >= 15 is 0 Å². The van der Waals surface area contributed by atoms with Crippen molar-refractivity contribution in [3.8, 4) is 5.95 Å². The van der Waals surface area contributed by atoms with E-state index in [1.807, 2.05) is 13.8 Å². The molecule has 4 N–H and O–H groups in total. The van der Waals surface area contributed by atoms with Crippen LogP contribution >= 0.6 is 0 Å². The lowest BCUT2D eigenvalue weighted by atomic mass is 10.1. The van der Waals surface area contributed by atoms with E-state index in [4.69, 9.17) is 19.9 Å². The van der Waals surface area contributed by atoms with Crippen LogP contribution in [0, 0.1) is 0 Å². The molecule has 2 saturated heterocycles. The molecular weight excluding hydrogens is 408 g/mol. The standard InChI is InChI=1S/C18H22N8O5/c1-18(2)30-11-9(6-27)29-16(12(11)31-18)25-7-21-10-13(19)23-17(24-14(10)25)26-5-8(4-22-26)15(28)20-3/h4-5,7,9,11-12,16,27H,6H2,1-3H3,(H,20,28)(H2,19,23,24)/t9-,11+,12+,16-/m1/s1. The van der Waals surface area contributed by atoms with Crippen LogP contribution in [0.2, 0.25) is 0 Å². The minimum absolute atomic E-state index is 0.146. The van der Waals surface area contributed by atoms with Crippen molar-refractivity contribution in [2.75, 3.05) is 19.4 Å². The highest BCUT2D eigenvalue weighted by Crippen LogP contribution is 2.43. The molecule has 13 nitrogen and oxygen atoms in total. The van der Waals surface area contributed by atoms with Crippen molar-refractivity contribution in [2.24, 2.45) is 0 Å². The average molecular weight is 430 g/mol. The van der Waals surface area contributed by atoms with Gasteiger partial charge in [-0.25, -0.2) is 9.67 Å². The van der Waals surface area contributed by atoms with Crippen LogP contribution < -0.4 is 11.1 Å². The summed E-state index contributed by atoms with van der Waals surface area (Å²) >= 11 is 0. The van der Waals surface area contributed by atoms with Gasteiger partial charge in [0.2, 0.25) is 0 Å². The van der Waals surface area contributed by atoms with Crippen molar-refractivity contribution in [2.45, 2.75) is 44.2 Å². The van der Waals surface area contributed by atoms with Gasteiger partial charge in [-0.3, -0.25) is 9.36 Å². The number of anilines is 1. The van der Waals surface area contributed by atoms with Gasteiger partial charge in [0.05, 0.1) is 24.7 Å². The summed E-state index contributed by atoms with van der Waals surface area (Å²) in [6.45, 7) is 3.40. The van der Waals surface area contributed by atoms with Crippen molar-refractivity contribution in [3.63, 3.8) is 0 Å². The van der Waals surface area contributed by atoms with Crippen molar-refractivity contribution in [1.82, 2.24) is 34.6 Å². The molecule has 0 spiro atoms. The van der Waals surface area contributed by atoms with Gasteiger partial charge < -0.3 is 30.4 Å². The number of ether oxygens (including phenoxy) is 3. The maximum Gasteiger partial charge on any atom is 0.254 e. The third-order valence-electron chi connectivity index (χ3n) is 5.29. The van der Waals surface area contributed by atoms with Gasteiger partial charge in [0.25, 0.3) is 11.9 Å². The van der Waals surface area contributed by atoms with Crippen LogP contribution in [0.1, 0.15) is 30.4 Å². The molecule has 2 fully saturated rings. The molecule has 13 heteroatoms. The van der Waals surface area contributed by atoms with Crippen LogP contribution in [0.25, 0.3) is 17.1 Å². The number of hydrogen-bond donors (Lipinski definition) is 3. The number of hydrogen-bond acceptors (Lipinski definition) is 10. The van der Waals surface area contributed by atoms with E-state index in [0.29, 0.717) is 16.7 Å². The van der Waals surface area contributed by atoms with E-state index in [-0.39, 0.29) is 24.3 Å². The van der Waals surface area contributed by atoms with Gasteiger partial charge in [0.15, 0.2) is 23.5 Å². The van der Waals surface area contributed by atoms with Crippen molar-refractivity contribution < 1.29 is 24.1 Å². The van der Waals surface area contributed by atoms with Gasteiger partial charge in [-0.1, -0.05) is 0 Å². The summed E-state index contributed by atoms with van der Waals surface area (Å²) < 4.78 is 21.0. The molecule has 0 bridgehead atoms. The van der Waals surface area contributed by atoms with E-state index in [2.05, 4.69) is 25.4 Å². The molecule has 0 unspecified atom stereocenters. The fourth-order valence-electron chi connectivity index (χ4n) is 3.94. The summed E-state index contributed by atoms with van der Waals surface area (Å²) in [6.07, 6.45) is 2.32. The second-order valence-corrected chi connectivity index (χ2v) is 7.80. The topological polar surface area (TPSA) is 164 Å². The largest absolute Gasteiger partial charge is 0.394 e. The molecule has 0 radical (unpaired) electrons. The van der Waals surface area contributed by atoms with E-state index in [1.165, 1.54) is 30.5 Å². The normalized spacial score (nSPS) is 27.0. The maximum absolute atomic E-state index is 11.8. The lowest BCUT2D eigenvalue weighted by Gasteiger charge is -2.24. The summed E-state index contributed by atoms with van der Waals surface area (Å²) in [7, 11) is 1.53. The predicted molar refractivity (Wildman–Crippen MR) is 105 cm³/mol. The Morgan fingerprint density at radius 3 is 2.84 bits per heavy atom. The number of nitrogens with zero attached hydrogens (tertiary/aromatic N) is 6. The predicted octanol–water partition coefficient (Wildman–Crippen LogP) is -0.636. The molecule has 3 aromatic heterocycles. The number of carbonyl (C=O) groups excluding carboxylic acids is 1. The summed E-state index contributed by atoms with van der Waals surface area (Å²) in [5, 5.41) is 16.4. The van der Waals surface area contributed by atoms with Gasteiger partial charge in [-0.2, -0.15) is 15.1 Å². The Morgan fingerprint density at radius 2 is 2.10 bits per heavy atom. The zero-order valence-electron chi connectivity index (χ0n) is 17.1. The third kappa shape index (κ3) is 3.13. The smallest absolute Gasteiger partial charge is 0.254 e. The zero-order valence-corrected chi connectivity index (χ0v) is 17.1. The molecule has 164 valence electrons. The fourth-order valence-corrected chi connectivity index (χ4v) is 3.94. The maximum atomic E-state index is 11.8. The molecule has 0 aliphatic carbocycles. The van der Waals surface area contributed by atoms with Crippen LogP contribution in [0.3, 0.4) is 0 Å². The third-order valence-corrected chi connectivity index (χ3v) is 5.29. The van der Waals surface area contributed by atoms with Crippen LogP contribution in [0.5, 0.6) is 0 Å². The van der Waals surface area contributed by atoms with E-state index in [1.54, 1.807) is 4.57 Å². The molecule has 4 atom stereocenters. The first kappa shape index (κ1) is 19.8. The number of nitrogen functional groups attached to an aromatic ring is 1. The van der Waals surface area contributed by atoms with E-state index in [9.17, 15) is 9.90 Å². The molecule has 0 saturated carbocycles. The molecule has 1 amide bonds. The number of aliphatic hydroxyl groups excluding tert-OH is 1. The SMILES string of the molecule is CNC(=O)c1cnn(-c2nc(N)c3ncn([C@@H]4O[C@H](CO)[C@@H]5OC(C)(C)O[C@@H]54)c3n2)c1. The second-order valence-electron chi connectivity index (χ2n) is 7.80. The quantitative estimate of drug-likeness (QED) is 0.485. The van der Waals surface area contributed by atoms with Crippen LogP contribution in [0.4, 0.5) is 5.82 Å². The summed E-state index contributed by atoms with van der Waals surface area (Å²) in [5.74, 6) is -0.787. The highest BCUT2D eigenvalue weighted by molar-refractivity contribution is 5.93. The van der Waals surface area contributed by atoms with Crippen LogP contribution in [-0.4, -0.2) is 78.1 Å². The number of fused-ring (bicyclic) bond motifs is 2. The number of rotatable bonds is 4. The molecule has 5 heterocycles. The number of aliphatic hydroxyl groups is 1. The number of nitrogens with one attached hydrogen (secondary N) is 1. The Hall–Kier alpha value is -3.13. The minimum atomic E-state index is -0.814. The molecule has 2 aliphatic rings. The first-order valence-electron chi connectivity index (χ1n) is 9.70. The lowest BCUT2D eigenvalue weighted by molar-refractivity contribution is -0.199. The monoisotopic (exact) mass is 430 g/mol. The van der Waals surface area contributed by atoms with E-state index < -0.39 is 30.3 Å². The van der Waals surface area contributed by atoms with Gasteiger partial charge in [0, 0.05) is 13.2 Å². The molecule has 0 aromatic carbocycles. The first-order chi connectivity index (χ1) is 14.8. The highest BCUT2D eigenvalue weighted by atomic mass is 16.8. The molecular formula is C18H22N8O5. The molecule has 5 rings (SSSR count). The van der Waals surface area contributed by atoms with Gasteiger partial charge >= 0.3 is 0 Å². The molecule has 2 aliphatic heterocycles. The Labute approximate surface area is 176 Å². The fraction of sp³-hybridized carbons (Fsp3) is 0.500. The van der Waals surface area contributed by atoms with Crippen molar-refractivity contribution >= 4 is 22.9 Å². The minimum Gasteiger partial charge on any atom is -0.394 e. The molecule has 31 heavy (non-hydrogen) atoms. The number of aromatic nitrogens is 6. The Bertz CT molecular complexity index is 1160. The lowest BCUT2D eigenvalue weighted by Crippen LogP contribution is -2.31. The number of imidazole rings is 1. The highest BCUT2D eigenvalue weighted by Gasteiger charge is 2.56. The van der Waals surface area contributed by atoms with Crippen LogP contribution in [0.15, 0.2) is 18.7 Å². The van der Waals surface area contributed by atoms with Gasteiger partial charge in [-0.05, 0) is 13.8 Å². The Kier molecular flexibility index (Phi) is 4.44. The Morgan fingerprint density at radius 1 is 1.32 bits per heavy atom. The summed E-state index contributed by atoms with van der Waals surface area (Å²) in [5.41, 5.74) is 7.25. The zero-order chi connectivity index (χ0) is 21.9. The summed E-state index contributed by atoms with van der Waals surface area (Å²) in [4.78, 5) is 25.0. The van der Waals surface area contributed by atoms with Gasteiger partial charge in [-0.15, -0.1) is 0 Å². The van der Waals surface area contributed by atoms with Crippen LogP contribution in [-0.2, 0) is 14.2 Å².